The fraction of sp³-hybridized carbons (Fsp3) is 0.500. The molecule has 1 aromatic carbocycles. The maximum Gasteiger partial charge on any atom is 0.0406 e. The highest BCUT2D eigenvalue weighted by molar-refractivity contribution is 9.09. The molecule has 1 aliphatic carbocycles. The van der Waals surface area contributed by atoms with E-state index in [2.05, 4.69) is 28.1 Å². The van der Waals surface area contributed by atoms with Crippen molar-refractivity contribution in [2.24, 2.45) is 0 Å². The van der Waals surface area contributed by atoms with Gasteiger partial charge in [0.2, 0.25) is 0 Å². The molecule has 0 bridgehead atoms. The van der Waals surface area contributed by atoms with Gasteiger partial charge in [-0.1, -0.05) is 46.1 Å². The quantitative estimate of drug-likeness (QED) is 0.709. The summed E-state index contributed by atoms with van der Waals surface area (Å²) in [6.45, 7) is 0. The zero-order chi connectivity index (χ0) is 10.0. The van der Waals surface area contributed by atoms with Crippen LogP contribution in [0, 0.1) is 0 Å². The van der Waals surface area contributed by atoms with E-state index in [-0.39, 0.29) is 0 Å². The van der Waals surface area contributed by atoms with Crippen LogP contribution in [0.25, 0.3) is 0 Å². The van der Waals surface area contributed by atoms with E-state index in [1.54, 1.807) is 0 Å². The van der Waals surface area contributed by atoms with E-state index in [1.165, 1.54) is 31.2 Å². The summed E-state index contributed by atoms with van der Waals surface area (Å²) in [6, 6.07) is 8.38. The zero-order valence-electron chi connectivity index (χ0n) is 8.10. The standard InChI is InChI=1S/C12H14BrCl/c13-9-8-12(6-1-7-12)10-2-4-11(14)5-3-10/h2-5H,1,6-9H2. The second-order valence-corrected chi connectivity index (χ2v) is 5.31. The summed E-state index contributed by atoms with van der Waals surface area (Å²) in [6.07, 6.45) is 5.28. The minimum atomic E-state index is 0.452. The fourth-order valence-electron chi connectivity index (χ4n) is 2.27. The van der Waals surface area contributed by atoms with Crippen LogP contribution in [0.2, 0.25) is 5.02 Å². The Morgan fingerprint density at radius 3 is 2.29 bits per heavy atom. The number of hydrogen-bond donors (Lipinski definition) is 0. The SMILES string of the molecule is Clc1ccc(C2(CCBr)CCC2)cc1. The van der Waals surface area contributed by atoms with E-state index in [1.807, 2.05) is 12.1 Å². The number of benzene rings is 1. The summed E-state index contributed by atoms with van der Waals surface area (Å²) in [5, 5.41) is 1.93. The summed E-state index contributed by atoms with van der Waals surface area (Å²) in [5.74, 6) is 0. The van der Waals surface area contributed by atoms with Crippen molar-refractivity contribution >= 4 is 27.5 Å². The largest absolute Gasteiger partial charge is 0.0928 e. The molecule has 0 nitrogen and oxygen atoms in total. The molecule has 0 saturated heterocycles. The van der Waals surface area contributed by atoms with Crippen molar-refractivity contribution in [3.05, 3.63) is 34.9 Å². The smallest absolute Gasteiger partial charge is 0.0406 e. The third-order valence-electron chi connectivity index (χ3n) is 3.34. The highest BCUT2D eigenvalue weighted by Crippen LogP contribution is 2.46. The Bertz CT molecular complexity index is 301. The Balaban J connectivity index is 2.23. The van der Waals surface area contributed by atoms with Gasteiger partial charge in [-0.2, -0.15) is 0 Å². The van der Waals surface area contributed by atoms with Crippen LogP contribution in [-0.2, 0) is 5.41 Å². The van der Waals surface area contributed by atoms with Gasteiger partial charge in [-0.25, -0.2) is 0 Å². The van der Waals surface area contributed by atoms with Crippen LogP contribution in [0.15, 0.2) is 24.3 Å². The van der Waals surface area contributed by atoms with Crippen LogP contribution in [0.5, 0.6) is 0 Å². The summed E-state index contributed by atoms with van der Waals surface area (Å²) < 4.78 is 0. The normalized spacial score (nSPS) is 19.0. The average molecular weight is 274 g/mol. The molecule has 0 radical (unpaired) electrons. The Kier molecular flexibility index (Phi) is 3.18. The van der Waals surface area contributed by atoms with Crippen LogP contribution in [0.4, 0.5) is 0 Å². The first-order chi connectivity index (χ1) is 6.77. The van der Waals surface area contributed by atoms with E-state index in [0.29, 0.717) is 5.41 Å². The topological polar surface area (TPSA) is 0 Å². The minimum Gasteiger partial charge on any atom is -0.0928 e. The van der Waals surface area contributed by atoms with Crippen molar-refractivity contribution in [2.45, 2.75) is 31.1 Å². The van der Waals surface area contributed by atoms with Crippen molar-refractivity contribution in [2.75, 3.05) is 5.33 Å². The van der Waals surface area contributed by atoms with Gasteiger partial charge in [-0.15, -0.1) is 0 Å². The van der Waals surface area contributed by atoms with Crippen molar-refractivity contribution in [3.63, 3.8) is 0 Å². The lowest BCUT2D eigenvalue weighted by atomic mass is 9.63. The van der Waals surface area contributed by atoms with Crippen LogP contribution < -0.4 is 0 Å². The number of alkyl halides is 1. The van der Waals surface area contributed by atoms with E-state index in [4.69, 9.17) is 11.6 Å². The van der Waals surface area contributed by atoms with Gasteiger partial charge in [0, 0.05) is 10.4 Å². The second-order valence-electron chi connectivity index (χ2n) is 4.08. The summed E-state index contributed by atoms with van der Waals surface area (Å²) in [7, 11) is 0. The van der Waals surface area contributed by atoms with E-state index in [0.717, 1.165) is 10.4 Å². The predicted molar refractivity (Wildman–Crippen MR) is 65.4 cm³/mol. The molecule has 1 saturated carbocycles. The van der Waals surface area contributed by atoms with Crippen LogP contribution >= 0.6 is 27.5 Å². The van der Waals surface area contributed by atoms with Crippen LogP contribution in [0.3, 0.4) is 0 Å². The first-order valence-corrected chi connectivity index (χ1v) is 6.59. The van der Waals surface area contributed by atoms with Gasteiger partial charge in [-0.05, 0) is 42.4 Å². The molecule has 0 heterocycles. The molecule has 0 amide bonds. The lowest BCUT2D eigenvalue weighted by Gasteiger charge is -2.42. The van der Waals surface area contributed by atoms with Crippen molar-refractivity contribution in [1.29, 1.82) is 0 Å². The van der Waals surface area contributed by atoms with Crippen LogP contribution in [-0.4, -0.2) is 5.33 Å². The molecule has 2 heteroatoms. The molecule has 76 valence electrons. The number of rotatable bonds is 3. The molecule has 0 aliphatic heterocycles. The van der Waals surface area contributed by atoms with Gasteiger partial charge >= 0.3 is 0 Å². The summed E-state index contributed by atoms with van der Waals surface area (Å²) >= 11 is 9.44. The average Bonchev–Trinajstić information content (AvgIpc) is 2.13. The van der Waals surface area contributed by atoms with E-state index < -0.39 is 0 Å². The number of halogens is 2. The maximum atomic E-state index is 5.89. The minimum absolute atomic E-state index is 0.452. The monoisotopic (exact) mass is 272 g/mol. The van der Waals surface area contributed by atoms with Gasteiger partial charge in [0.05, 0.1) is 0 Å². The van der Waals surface area contributed by atoms with Gasteiger partial charge in [0.1, 0.15) is 0 Å². The summed E-state index contributed by atoms with van der Waals surface area (Å²) in [4.78, 5) is 0. The van der Waals surface area contributed by atoms with Crippen molar-refractivity contribution in [3.8, 4) is 0 Å². The van der Waals surface area contributed by atoms with Gasteiger partial charge in [0.15, 0.2) is 0 Å². The molecular formula is C12H14BrCl. The Morgan fingerprint density at radius 1 is 1.21 bits per heavy atom. The molecule has 0 spiro atoms. The van der Waals surface area contributed by atoms with Crippen molar-refractivity contribution < 1.29 is 0 Å². The molecule has 2 rings (SSSR count). The molecule has 0 N–H and O–H groups in total. The zero-order valence-corrected chi connectivity index (χ0v) is 10.4. The molecule has 0 unspecified atom stereocenters. The van der Waals surface area contributed by atoms with Gasteiger partial charge in [-0.3, -0.25) is 0 Å². The maximum absolute atomic E-state index is 5.89. The first kappa shape index (κ1) is 10.5. The molecule has 1 aromatic rings. The lowest BCUT2D eigenvalue weighted by Crippen LogP contribution is -2.34. The first-order valence-electron chi connectivity index (χ1n) is 5.09. The van der Waals surface area contributed by atoms with Gasteiger partial charge in [0.25, 0.3) is 0 Å². The fourth-order valence-corrected chi connectivity index (χ4v) is 3.16. The molecule has 14 heavy (non-hydrogen) atoms. The number of hydrogen-bond acceptors (Lipinski definition) is 0. The lowest BCUT2D eigenvalue weighted by molar-refractivity contribution is 0.237. The highest BCUT2D eigenvalue weighted by Gasteiger charge is 2.37. The van der Waals surface area contributed by atoms with Gasteiger partial charge < -0.3 is 0 Å². The second kappa shape index (κ2) is 4.24. The molecule has 1 fully saturated rings. The van der Waals surface area contributed by atoms with Crippen LogP contribution in [0.1, 0.15) is 31.2 Å². The Labute approximate surface area is 98.8 Å². The Hall–Kier alpha value is -0.0100. The Morgan fingerprint density at radius 2 is 1.86 bits per heavy atom. The molecule has 0 atom stereocenters. The van der Waals surface area contributed by atoms with E-state index in [9.17, 15) is 0 Å². The third-order valence-corrected chi connectivity index (χ3v) is 3.99. The van der Waals surface area contributed by atoms with Crippen molar-refractivity contribution in [1.82, 2.24) is 0 Å². The molecular weight excluding hydrogens is 259 g/mol. The summed E-state index contributed by atoms with van der Waals surface area (Å²) in [5.41, 5.74) is 1.92. The third kappa shape index (κ3) is 1.85. The highest BCUT2D eigenvalue weighted by atomic mass is 79.9. The molecule has 0 aromatic heterocycles. The van der Waals surface area contributed by atoms with E-state index >= 15 is 0 Å². The predicted octanol–water partition coefficient (Wildman–Crippen LogP) is 4.55. The molecule has 1 aliphatic rings.